The molecule has 0 saturated carbocycles. The second-order valence-electron chi connectivity index (χ2n) is 5.98. The Kier molecular flexibility index (Phi) is 4.71. The highest BCUT2D eigenvalue weighted by Crippen LogP contribution is 2.16. The van der Waals surface area contributed by atoms with Gasteiger partial charge in [0, 0.05) is 30.4 Å². The third-order valence-electron chi connectivity index (χ3n) is 3.74. The molecule has 3 aromatic rings. The van der Waals surface area contributed by atoms with Crippen LogP contribution in [-0.4, -0.2) is 38.6 Å². The lowest BCUT2D eigenvalue weighted by Gasteiger charge is -2.13. The van der Waals surface area contributed by atoms with Gasteiger partial charge >= 0.3 is 0 Å². The molecule has 0 radical (unpaired) electrons. The Hall–Kier alpha value is -2.54. The molecule has 6 nitrogen and oxygen atoms in total. The van der Waals surface area contributed by atoms with E-state index in [1.807, 2.05) is 38.1 Å². The molecule has 24 heavy (non-hydrogen) atoms. The fourth-order valence-corrected chi connectivity index (χ4v) is 2.56. The Bertz CT molecular complexity index is 842. The van der Waals surface area contributed by atoms with Crippen LogP contribution in [0, 0.1) is 5.82 Å². The van der Waals surface area contributed by atoms with E-state index < -0.39 is 0 Å². The van der Waals surface area contributed by atoms with Crippen molar-refractivity contribution in [1.82, 2.24) is 24.5 Å². The minimum Gasteiger partial charge on any atom is -0.366 e. The van der Waals surface area contributed by atoms with Crippen LogP contribution >= 0.6 is 0 Å². The largest absolute Gasteiger partial charge is 0.366 e. The van der Waals surface area contributed by atoms with Crippen LogP contribution in [0.5, 0.6) is 0 Å². The van der Waals surface area contributed by atoms with Crippen LogP contribution < -0.4 is 5.32 Å². The lowest BCUT2D eigenvalue weighted by atomic mass is 10.1. The second kappa shape index (κ2) is 6.92. The molecule has 1 aromatic carbocycles. The van der Waals surface area contributed by atoms with Gasteiger partial charge in [-0.3, -0.25) is 0 Å². The summed E-state index contributed by atoms with van der Waals surface area (Å²) in [5.41, 5.74) is 2.65. The smallest absolute Gasteiger partial charge is 0.254 e. The summed E-state index contributed by atoms with van der Waals surface area (Å²) in [6, 6.07) is 7.17. The average Bonchev–Trinajstić information content (AvgIpc) is 3.03. The monoisotopic (exact) mass is 328 g/mol. The molecule has 126 valence electrons. The molecule has 0 saturated heterocycles. The van der Waals surface area contributed by atoms with Gasteiger partial charge in [-0.25, -0.2) is 9.37 Å². The van der Waals surface area contributed by atoms with Gasteiger partial charge in [0.2, 0.25) is 0 Å². The topological polar surface area (TPSA) is 58.4 Å². The molecular weight excluding hydrogens is 307 g/mol. The molecule has 0 aliphatic rings. The van der Waals surface area contributed by atoms with Gasteiger partial charge < -0.3 is 10.2 Å². The molecule has 3 rings (SSSR count). The molecule has 0 aliphatic heterocycles. The number of hydrogen-bond donors (Lipinski definition) is 1. The number of aromatic nitrogens is 4. The predicted octanol–water partition coefficient (Wildman–Crippen LogP) is 2.50. The first kappa shape index (κ1) is 16.3. The van der Waals surface area contributed by atoms with Crippen LogP contribution in [0.2, 0.25) is 0 Å². The van der Waals surface area contributed by atoms with Gasteiger partial charge in [-0.05, 0) is 38.2 Å². The fraction of sp³-hybridized carbons (Fsp3) is 0.353. The van der Waals surface area contributed by atoms with E-state index in [4.69, 9.17) is 0 Å². The van der Waals surface area contributed by atoms with Gasteiger partial charge in [0.1, 0.15) is 18.0 Å². The van der Waals surface area contributed by atoms with Gasteiger partial charge in [-0.1, -0.05) is 13.0 Å². The summed E-state index contributed by atoms with van der Waals surface area (Å²) < 4.78 is 15.6. The number of benzene rings is 1. The molecule has 0 atom stereocenters. The summed E-state index contributed by atoms with van der Waals surface area (Å²) in [5.74, 6) is 1.22. The molecule has 0 amide bonds. The van der Waals surface area contributed by atoms with Crippen LogP contribution in [-0.2, 0) is 19.5 Å². The van der Waals surface area contributed by atoms with Gasteiger partial charge in [-0.15, -0.1) is 0 Å². The number of rotatable bonds is 6. The summed E-state index contributed by atoms with van der Waals surface area (Å²) in [4.78, 5) is 10.5. The summed E-state index contributed by atoms with van der Waals surface area (Å²) in [5, 5.41) is 7.54. The van der Waals surface area contributed by atoms with Crippen molar-refractivity contribution in [3.05, 3.63) is 53.2 Å². The van der Waals surface area contributed by atoms with Crippen molar-refractivity contribution in [2.24, 2.45) is 0 Å². The van der Waals surface area contributed by atoms with Crippen molar-refractivity contribution >= 4 is 11.6 Å². The van der Waals surface area contributed by atoms with Gasteiger partial charge in [0.25, 0.3) is 5.78 Å². The van der Waals surface area contributed by atoms with E-state index in [9.17, 15) is 4.39 Å². The van der Waals surface area contributed by atoms with Crippen LogP contribution in [0.1, 0.15) is 23.7 Å². The van der Waals surface area contributed by atoms with Crippen LogP contribution in [0.4, 0.5) is 10.2 Å². The number of halogens is 1. The second-order valence-corrected chi connectivity index (χ2v) is 5.98. The number of nitrogens with one attached hydrogen (secondary N) is 1. The lowest BCUT2D eigenvalue weighted by molar-refractivity contribution is 0.392. The first-order chi connectivity index (χ1) is 11.6. The van der Waals surface area contributed by atoms with E-state index in [2.05, 4.69) is 20.4 Å². The summed E-state index contributed by atoms with van der Waals surface area (Å²) >= 11 is 0. The standard InChI is InChI=1S/C17H21FN6/c1-4-14-8-16(24-17(22-14)20-11-21-24)19-9-12-5-6-15(18)13(7-12)10-23(2)3/h5-8,11,19H,4,9-10H2,1-3H3. The van der Waals surface area contributed by atoms with Crippen molar-refractivity contribution in [3.8, 4) is 0 Å². The van der Waals surface area contributed by atoms with E-state index in [0.29, 0.717) is 24.4 Å². The zero-order chi connectivity index (χ0) is 17.1. The highest BCUT2D eigenvalue weighted by molar-refractivity contribution is 5.45. The quantitative estimate of drug-likeness (QED) is 0.753. The summed E-state index contributed by atoms with van der Waals surface area (Å²) in [7, 11) is 3.85. The molecule has 7 heteroatoms. The maximum Gasteiger partial charge on any atom is 0.254 e. The third kappa shape index (κ3) is 3.51. The summed E-state index contributed by atoms with van der Waals surface area (Å²) in [6.07, 6.45) is 2.31. The number of fused-ring (bicyclic) bond motifs is 1. The fourth-order valence-electron chi connectivity index (χ4n) is 2.56. The normalized spacial score (nSPS) is 11.4. The van der Waals surface area contributed by atoms with Crippen molar-refractivity contribution in [2.75, 3.05) is 19.4 Å². The van der Waals surface area contributed by atoms with E-state index >= 15 is 0 Å². The molecular formula is C17H21FN6. The minimum absolute atomic E-state index is 0.178. The summed E-state index contributed by atoms with van der Waals surface area (Å²) in [6.45, 7) is 3.19. The van der Waals surface area contributed by atoms with Gasteiger partial charge in [0.05, 0.1) is 0 Å². The first-order valence-electron chi connectivity index (χ1n) is 7.92. The number of nitrogens with zero attached hydrogens (tertiary/aromatic N) is 5. The number of aryl methyl sites for hydroxylation is 1. The number of anilines is 1. The average molecular weight is 328 g/mol. The third-order valence-corrected chi connectivity index (χ3v) is 3.74. The van der Waals surface area contributed by atoms with E-state index in [-0.39, 0.29) is 5.82 Å². The number of hydrogen-bond acceptors (Lipinski definition) is 5. The van der Waals surface area contributed by atoms with Crippen molar-refractivity contribution in [2.45, 2.75) is 26.4 Å². The van der Waals surface area contributed by atoms with Crippen molar-refractivity contribution in [1.29, 1.82) is 0 Å². The van der Waals surface area contributed by atoms with Crippen LogP contribution in [0.3, 0.4) is 0 Å². The Morgan fingerprint density at radius 2 is 2.08 bits per heavy atom. The molecule has 2 heterocycles. The van der Waals surface area contributed by atoms with E-state index in [1.54, 1.807) is 10.6 Å². The highest BCUT2D eigenvalue weighted by atomic mass is 19.1. The van der Waals surface area contributed by atoms with Gasteiger partial charge in [-0.2, -0.15) is 14.6 Å². The minimum atomic E-state index is -0.178. The molecule has 1 N–H and O–H groups in total. The highest BCUT2D eigenvalue weighted by Gasteiger charge is 2.08. The maximum absolute atomic E-state index is 13.9. The van der Waals surface area contributed by atoms with E-state index in [1.165, 1.54) is 12.4 Å². The van der Waals surface area contributed by atoms with Crippen LogP contribution in [0.25, 0.3) is 5.78 Å². The zero-order valence-corrected chi connectivity index (χ0v) is 14.1. The van der Waals surface area contributed by atoms with Crippen LogP contribution in [0.15, 0.2) is 30.6 Å². The van der Waals surface area contributed by atoms with Crippen molar-refractivity contribution in [3.63, 3.8) is 0 Å². The van der Waals surface area contributed by atoms with E-state index in [0.717, 1.165) is 23.5 Å². The molecule has 2 aromatic heterocycles. The Morgan fingerprint density at radius 1 is 1.25 bits per heavy atom. The molecule has 0 aliphatic carbocycles. The first-order valence-corrected chi connectivity index (χ1v) is 7.92. The lowest BCUT2D eigenvalue weighted by Crippen LogP contribution is -2.13. The SMILES string of the molecule is CCc1cc(NCc2ccc(F)c(CN(C)C)c2)n2ncnc2n1. The predicted molar refractivity (Wildman–Crippen MR) is 91.3 cm³/mol. The Balaban J connectivity index is 1.82. The Morgan fingerprint density at radius 3 is 2.83 bits per heavy atom. The molecule has 0 spiro atoms. The van der Waals surface area contributed by atoms with Gasteiger partial charge in [0.15, 0.2) is 0 Å². The van der Waals surface area contributed by atoms with Crippen molar-refractivity contribution < 1.29 is 4.39 Å². The molecule has 0 fully saturated rings. The molecule has 0 unspecified atom stereocenters. The molecule has 0 bridgehead atoms. The Labute approximate surface area is 140 Å². The maximum atomic E-state index is 13.9. The zero-order valence-electron chi connectivity index (χ0n) is 14.1.